The molecular formula is C21H16NOPS. The van der Waals surface area contributed by atoms with Crippen molar-refractivity contribution < 1.29 is 4.74 Å². The van der Waals surface area contributed by atoms with E-state index in [1.165, 1.54) is 9.79 Å². The zero-order valence-electron chi connectivity index (χ0n) is 13.4. The normalized spacial score (nSPS) is 13.7. The van der Waals surface area contributed by atoms with E-state index in [9.17, 15) is 0 Å². The molecule has 0 saturated heterocycles. The van der Waals surface area contributed by atoms with Gasteiger partial charge in [-0.25, -0.2) is 4.99 Å². The molecule has 0 N–H and O–H groups in total. The molecule has 0 bridgehead atoms. The SMILES string of the molecule is P=C1N=C(c2ccccc2)OC1=S(c1ccccc1)c1ccccc1. The largest absolute Gasteiger partial charge is 0.429 e. The Labute approximate surface area is 152 Å². The molecular weight excluding hydrogens is 345 g/mol. The number of nitrogens with zero attached hydrogens (tertiary/aromatic N) is 1. The molecule has 1 aliphatic heterocycles. The van der Waals surface area contributed by atoms with E-state index in [0.29, 0.717) is 5.90 Å². The maximum atomic E-state index is 6.22. The number of hydrogen-bond acceptors (Lipinski definition) is 1. The summed E-state index contributed by atoms with van der Waals surface area (Å²) in [6.07, 6.45) is 0. The van der Waals surface area contributed by atoms with E-state index in [1.54, 1.807) is 0 Å². The third kappa shape index (κ3) is 3.34. The molecule has 0 aromatic heterocycles. The van der Waals surface area contributed by atoms with Crippen LogP contribution in [-0.2, 0) is 4.74 Å². The highest BCUT2D eigenvalue weighted by Crippen LogP contribution is 2.39. The summed E-state index contributed by atoms with van der Waals surface area (Å²) in [5, 5.41) is 0.841. The maximum Gasteiger partial charge on any atom is 0.228 e. The number of aliphatic imine (C=N–C) groups is 1. The van der Waals surface area contributed by atoms with Crippen LogP contribution < -0.4 is 0 Å². The molecule has 2 nitrogen and oxygen atoms in total. The topological polar surface area (TPSA) is 21.6 Å². The van der Waals surface area contributed by atoms with Gasteiger partial charge in [0.2, 0.25) is 5.90 Å². The average molecular weight is 361 g/mol. The first-order valence-corrected chi connectivity index (χ1v) is 9.67. The Morgan fingerprint density at radius 3 is 1.68 bits per heavy atom. The highest BCUT2D eigenvalue weighted by molar-refractivity contribution is 8.17. The van der Waals surface area contributed by atoms with Crippen LogP contribution in [0.25, 0.3) is 0 Å². The van der Waals surface area contributed by atoms with Gasteiger partial charge in [0.15, 0.2) is 5.05 Å². The van der Waals surface area contributed by atoms with Gasteiger partial charge in [0.1, 0.15) is 5.42 Å². The van der Waals surface area contributed by atoms with Gasteiger partial charge >= 0.3 is 0 Å². The molecule has 1 heterocycles. The second kappa shape index (κ2) is 7.18. The fourth-order valence-electron chi connectivity index (χ4n) is 2.61. The van der Waals surface area contributed by atoms with Crippen molar-refractivity contribution >= 4 is 35.7 Å². The Kier molecular flexibility index (Phi) is 4.60. The van der Waals surface area contributed by atoms with Crippen LogP contribution in [0.2, 0.25) is 0 Å². The monoisotopic (exact) mass is 361 g/mol. The molecule has 4 rings (SSSR count). The van der Waals surface area contributed by atoms with E-state index in [1.807, 2.05) is 42.5 Å². The lowest BCUT2D eigenvalue weighted by Gasteiger charge is -2.14. The van der Waals surface area contributed by atoms with E-state index in [4.69, 9.17) is 4.74 Å². The van der Waals surface area contributed by atoms with Gasteiger partial charge in [0, 0.05) is 15.4 Å². The van der Waals surface area contributed by atoms with Crippen molar-refractivity contribution in [2.45, 2.75) is 9.79 Å². The minimum absolute atomic E-state index is 0.357. The molecule has 4 heteroatoms. The maximum absolute atomic E-state index is 6.22. The Morgan fingerprint density at radius 2 is 1.16 bits per heavy atom. The van der Waals surface area contributed by atoms with Gasteiger partial charge in [-0.3, -0.25) is 0 Å². The van der Waals surface area contributed by atoms with Crippen molar-refractivity contribution in [2.24, 2.45) is 4.99 Å². The molecule has 25 heavy (non-hydrogen) atoms. The smallest absolute Gasteiger partial charge is 0.228 e. The summed E-state index contributed by atoms with van der Waals surface area (Å²) in [6, 6.07) is 30.8. The van der Waals surface area contributed by atoms with Crippen LogP contribution in [0.15, 0.2) is 106 Å². The molecule has 0 atom stereocenters. The van der Waals surface area contributed by atoms with Crippen LogP contribution in [0.4, 0.5) is 0 Å². The van der Waals surface area contributed by atoms with Gasteiger partial charge in [-0.2, -0.15) is 0 Å². The van der Waals surface area contributed by atoms with E-state index in [-0.39, 0.29) is 10.5 Å². The molecule has 0 saturated carbocycles. The summed E-state index contributed by atoms with van der Waals surface area (Å²) >= 11 is 0. The molecule has 3 aromatic rings. The number of rotatable bonds is 3. The van der Waals surface area contributed by atoms with Crippen LogP contribution >= 0.6 is 19.3 Å². The van der Waals surface area contributed by atoms with E-state index >= 15 is 0 Å². The van der Waals surface area contributed by atoms with Crippen LogP contribution in [0.3, 0.4) is 0 Å². The second-order valence-corrected chi connectivity index (χ2v) is 7.85. The Morgan fingerprint density at radius 1 is 0.680 bits per heavy atom. The predicted molar refractivity (Wildman–Crippen MR) is 109 cm³/mol. The Balaban J connectivity index is 1.84. The van der Waals surface area contributed by atoms with Crippen LogP contribution in [0.5, 0.6) is 0 Å². The van der Waals surface area contributed by atoms with Crippen LogP contribution in [0.1, 0.15) is 5.56 Å². The predicted octanol–water partition coefficient (Wildman–Crippen LogP) is 5.25. The quantitative estimate of drug-likeness (QED) is 0.461. The highest BCUT2D eigenvalue weighted by Gasteiger charge is 2.24. The van der Waals surface area contributed by atoms with Crippen molar-refractivity contribution in [3.05, 3.63) is 96.6 Å². The van der Waals surface area contributed by atoms with Gasteiger partial charge < -0.3 is 4.74 Å². The number of hydrogen-bond donors (Lipinski definition) is 0. The Hall–Kier alpha value is -2.48. The Bertz CT molecular complexity index is 925. The lowest BCUT2D eigenvalue weighted by atomic mass is 10.2. The minimum Gasteiger partial charge on any atom is -0.429 e. The molecule has 0 unspecified atom stereocenters. The minimum atomic E-state index is -0.357. The lowest BCUT2D eigenvalue weighted by Crippen LogP contribution is -2.09. The lowest BCUT2D eigenvalue weighted by molar-refractivity contribution is 0.583. The molecule has 122 valence electrons. The molecule has 3 aromatic carbocycles. The van der Waals surface area contributed by atoms with Crippen LogP contribution in [0, 0.1) is 0 Å². The molecule has 1 aliphatic rings. The molecule has 0 spiro atoms. The van der Waals surface area contributed by atoms with Crippen molar-refractivity contribution in [1.82, 2.24) is 0 Å². The van der Waals surface area contributed by atoms with E-state index < -0.39 is 0 Å². The van der Waals surface area contributed by atoms with Crippen molar-refractivity contribution in [3.8, 4) is 0 Å². The third-order valence-corrected chi connectivity index (χ3v) is 6.41. The molecule has 0 aliphatic carbocycles. The van der Waals surface area contributed by atoms with E-state index in [2.05, 4.69) is 62.4 Å². The molecule has 0 amide bonds. The summed E-state index contributed by atoms with van der Waals surface area (Å²) in [7, 11) is 3.31. The second-order valence-electron chi connectivity index (χ2n) is 5.45. The standard InChI is InChI=1S/C21H16NOPS/c24-20-21(23-19(22-20)16-10-4-1-5-11-16)25(17-12-6-2-7-13-17)18-14-8-3-9-15-18/h1-15,24H. The molecule has 0 radical (unpaired) electrons. The van der Waals surface area contributed by atoms with Gasteiger partial charge in [-0.1, -0.05) is 73.9 Å². The zero-order valence-corrected chi connectivity index (χ0v) is 15.2. The van der Waals surface area contributed by atoms with Crippen molar-refractivity contribution in [3.63, 3.8) is 0 Å². The summed E-state index contributed by atoms with van der Waals surface area (Å²) in [4.78, 5) is 7.00. The number of benzene rings is 3. The summed E-state index contributed by atoms with van der Waals surface area (Å²) < 4.78 is 6.22. The summed E-state index contributed by atoms with van der Waals surface area (Å²) in [5.41, 5.74) is 1.72. The summed E-state index contributed by atoms with van der Waals surface area (Å²) in [5.74, 6) is 0.630. The zero-order chi connectivity index (χ0) is 17.1. The average Bonchev–Trinajstić information content (AvgIpc) is 3.06. The van der Waals surface area contributed by atoms with Gasteiger partial charge in [-0.15, -0.1) is 0 Å². The first kappa shape index (κ1) is 16.0. The van der Waals surface area contributed by atoms with Gasteiger partial charge in [-0.05, 0) is 36.4 Å². The van der Waals surface area contributed by atoms with Gasteiger partial charge in [0.05, 0.1) is 0 Å². The first-order valence-electron chi connectivity index (χ1n) is 7.95. The fraction of sp³-hybridized carbons (Fsp3) is 0. The number of ether oxygens (including phenoxy) is 1. The fourth-order valence-corrected chi connectivity index (χ4v) is 5.03. The summed E-state index contributed by atoms with van der Waals surface area (Å²) in [6.45, 7) is 0. The highest BCUT2D eigenvalue weighted by atomic mass is 32.2. The molecule has 0 fully saturated rings. The first-order chi connectivity index (χ1) is 12.3. The van der Waals surface area contributed by atoms with Gasteiger partial charge in [0.25, 0.3) is 0 Å². The van der Waals surface area contributed by atoms with Crippen molar-refractivity contribution in [2.75, 3.05) is 0 Å². The van der Waals surface area contributed by atoms with E-state index in [0.717, 1.165) is 16.0 Å². The van der Waals surface area contributed by atoms with Crippen molar-refractivity contribution in [1.29, 1.82) is 0 Å². The third-order valence-electron chi connectivity index (χ3n) is 3.76. The van der Waals surface area contributed by atoms with Crippen LogP contribution in [-0.4, -0.2) is 16.4 Å².